The summed E-state index contributed by atoms with van der Waals surface area (Å²) in [6, 6.07) is 2.84. The molecule has 4 aliphatic carbocycles. The molecule has 0 aliphatic heterocycles. The van der Waals surface area contributed by atoms with Crippen molar-refractivity contribution in [2.45, 2.75) is 62.5 Å². The van der Waals surface area contributed by atoms with Crippen LogP contribution in [0.15, 0.2) is 18.2 Å². The van der Waals surface area contributed by atoms with E-state index in [1.54, 1.807) is 0 Å². The number of Topliss-reactive ketones (excluding diaryl/α,β-unsaturated/α-hetero) is 1. The van der Waals surface area contributed by atoms with E-state index in [1.165, 1.54) is 6.42 Å². The molecule has 4 fully saturated rings. The predicted molar refractivity (Wildman–Crippen MR) is 108 cm³/mol. The lowest BCUT2D eigenvalue weighted by molar-refractivity contribution is -0.149. The molecule has 5 nitrogen and oxygen atoms in total. The molecule has 1 aromatic rings. The first-order valence-electron chi connectivity index (χ1n) is 10.5. The lowest BCUT2D eigenvalue weighted by Crippen LogP contribution is -2.53. The van der Waals surface area contributed by atoms with Gasteiger partial charge in [0.15, 0.2) is 6.61 Å². The SMILES string of the molecule is O=C(CC12CC3CC(CC(Br)(C3)C1)C2)OCC(=O)c1ccc(OC(F)F)cc1OC(F)F. The standard InChI is InChI=1S/C22H23BrF4O5/c23-22-7-12-3-13(8-22)6-21(5-12,11-22)9-18(29)30-10-16(28)15-2-1-14(31-19(24)25)4-17(15)32-20(26)27/h1-2,4,12-13,19-20H,3,5-11H2. The van der Waals surface area contributed by atoms with E-state index < -0.39 is 43.1 Å². The molecular weight excluding hydrogens is 500 g/mol. The van der Waals surface area contributed by atoms with Gasteiger partial charge in [-0.1, -0.05) is 15.9 Å². The van der Waals surface area contributed by atoms with E-state index in [0.29, 0.717) is 11.8 Å². The maximum atomic E-state index is 12.7. The highest BCUT2D eigenvalue weighted by Gasteiger charge is 2.57. The first kappa shape index (κ1) is 23.3. The minimum atomic E-state index is -3.28. The second kappa shape index (κ2) is 8.83. The summed E-state index contributed by atoms with van der Waals surface area (Å²) in [6.07, 6.45) is 6.49. The topological polar surface area (TPSA) is 61.8 Å². The summed E-state index contributed by atoms with van der Waals surface area (Å²) < 4.78 is 63.9. The molecule has 0 amide bonds. The molecule has 0 radical (unpaired) electrons. The monoisotopic (exact) mass is 522 g/mol. The second-order valence-electron chi connectivity index (χ2n) is 9.29. The van der Waals surface area contributed by atoms with Crippen LogP contribution < -0.4 is 9.47 Å². The summed E-state index contributed by atoms with van der Waals surface area (Å²) in [7, 11) is 0. The number of hydrogen-bond donors (Lipinski definition) is 0. The van der Waals surface area contributed by atoms with Crippen molar-refractivity contribution in [3.8, 4) is 11.5 Å². The fourth-order valence-corrected chi connectivity index (χ4v) is 7.74. The van der Waals surface area contributed by atoms with Crippen molar-refractivity contribution in [2.24, 2.45) is 17.3 Å². The van der Waals surface area contributed by atoms with Crippen LogP contribution in [0, 0.1) is 17.3 Å². The third-order valence-corrected chi connectivity index (χ3v) is 7.62. The number of hydrogen-bond acceptors (Lipinski definition) is 5. The Hall–Kier alpha value is -1.84. The summed E-state index contributed by atoms with van der Waals surface area (Å²) in [4.78, 5) is 25.1. The van der Waals surface area contributed by atoms with Crippen molar-refractivity contribution in [2.75, 3.05) is 6.61 Å². The van der Waals surface area contributed by atoms with Crippen molar-refractivity contribution in [1.29, 1.82) is 0 Å². The van der Waals surface area contributed by atoms with Gasteiger partial charge in [-0.3, -0.25) is 9.59 Å². The van der Waals surface area contributed by atoms with Gasteiger partial charge in [-0.2, -0.15) is 17.6 Å². The molecule has 5 rings (SSSR count). The van der Waals surface area contributed by atoms with Crippen LogP contribution in [0.2, 0.25) is 0 Å². The second-order valence-corrected chi connectivity index (χ2v) is 11.0. The van der Waals surface area contributed by atoms with E-state index in [-0.39, 0.29) is 21.7 Å². The molecule has 0 N–H and O–H groups in total. The molecule has 0 aromatic heterocycles. The largest absolute Gasteiger partial charge is 0.457 e. The Morgan fingerprint density at radius 1 is 1.03 bits per heavy atom. The number of rotatable bonds is 9. The van der Waals surface area contributed by atoms with E-state index >= 15 is 0 Å². The maximum Gasteiger partial charge on any atom is 0.387 e. The highest BCUT2D eigenvalue weighted by Crippen LogP contribution is 2.65. The van der Waals surface area contributed by atoms with Crippen LogP contribution in [0.4, 0.5) is 17.6 Å². The zero-order chi connectivity index (χ0) is 23.1. The van der Waals surface area contributed by atoms with Gasteiger partial charge in [-0.15, -0.1) is 0 Å². The molecule has 0 saturated heterocycles. The lowest BCUT2D eigenvalue weighted by Gasteiger charge is -2.60. The Kier molecular flexibility index (Phi) is 6.44. The van der Waals surface area contributed by atoms with E-state index in [4.69, 9.17) is 4.74 Å². The summed E-state index contributed by atoms with van der Waals surface area (Å²) in [5.41, 5.74) is -0.444. The number of ether oxygens (including phenoxy) is 3. The summed E-state index contributed by atoms with van der Waals surface area (Å²) in [5.74, 6) is -1.16. The van der Waals surface area contributed by atoms with Gasteiger partial charge in [0.1, 0.15) is 11.5 Å². The Labute approximate surface area is 190 Å². The smallest absolute Gasteiger partial charge is 0.387 e. The zero-order valence-corrected chi connectivity index (χ0v) is 18.7. The number of ketones is 1. The van der Waals surface area contributed by atoms with Gasteiger partial charge in [-0.25, -0.2) is 0 Å². The molecule has 1 aromatic carbocycles. The Morgan fingerprint density at radius 3 is 2.28 bits per heavy atom. The van der Waals surface area contributed by atoms with Gasteiger partial charge >= 0.3 is 19.2 Å². The molecule has 2 atom stereocenters. The summed E-state index contributed by atoms with van der Waals surface area (Å²) in [5, 5.41) is 0. The average Bonchev–Trinajstić information content (AvgIpc) is 2.63. The van der Waals surface area contributed by atoms with Crippen LogP contribution in [0.5, 0.6) is 11.5 Å². The average molecular weight is 523 g/mol. The summed E-state index contributed by atoms with van der Waals surface area (Å²) in [6.45, 7) is -7.10. The quantitative estimate of drug-likeness (QED) is 0.179. The highest BCUT2D eigenvalue weighted by atomic mass is 79.9. The van der Waals surface area contributed by atoms with Gasteiger partial charge in [0.2, 0.25) is 5.78 Å². The Balaban J connectivity index is 1.38. The molecule has 4 aliphatic rings. The van der Waals surface area contributed by atoms with Gasteiger partial charge in [0.05, 0.1) is 12.0 Å². The first-order valence-corrected chi connectivity index (χ1v) is 11.3. The zero-order valence-electron chi connectivity index (χ0n) is 17.1. The number of carbonyl (C=O) groups excluding carboxylic acids is 2. The molecule has 176 valence electrons. The number of benzene rings is 1. The first-order chi connectivity index (χ1) is 15.0. The van der Waals surface area contributed by atoms with Crippen LogP contribution in [0.1, 0.15) is 55.3 Å². The van der Waals surface area contributed by atoms with Crippen molar-refractivity contribution >= 4 is 27.7 Å². The van der Waals surface area contributed by atoms with E-state index in [2.05, 4.69) is 25.4 Å². The molecule has 2 unspecified atom stereocenters. The Morgan fingerprint density at radius 2 is 1.69 bits per heavy atom. The molecule has 4 bridgehead atoms. The van der Waals surface area contributed by atoms with Gasteiger partial charge in [0, 0.05) is 10.4 Å². The van der Waals surface area contributed by atoms with Gasteiger partial charge in [-0.05, 0) is 67.9 Å². The minimum absolute atomic E-state index is 0.0801. The predicted octanol–water partition coefficient (Wildman–Crippen LogP) is 5.74. The van der Waals surface area contributed by atoms with Crippen molar-refractivity contribution in [3.63, 3.8) is 0 Å². The van der Waals surface area contributed by atoms with Crippen LogP contribution in [-0.2, 0) is 9.53 Å². The number of alkyl halides is 5. The number of esters is 1. The van der Waals surface area contributed by atoms with Gasteiger partial charge in [0.25, 0.3) is 0 Å². The third-order valence-electron chi connectivity index (χ3n) is 6.69. The van der Waals surface area contributed by atoms with Crippen LogP contribution >= 0.6 is 15.9 Å². The third kappa shape index (κ3) is 5.21. The molecule has 32 heavy (non-hydrogen) atoms. The van der Waals surface area contributed by atoms with Crippen molar-refractivity contribution in [1.82, 2.24) is 0 Å². The maximum absolute atomic E-state index is 12.7. The highest BCUT2D eigenvalue weighted by molar-refractivity contribution is 9.10. The number of halogens is 5. The van der Waals surface area contributed by atoms with Crippen LogP contribution in [0.3, 0.4) is 0 Å². The van der Waals surface area contributed by atoms with Crippen LogP contribution in [0.25, 0.3) is 0 Å². The van der Waals surface area contributed by atoms with E-state index in [1.807, 2.05) is 0 Å². The molecule has 4 saturated carbocycles. The van der Waals surface area contributed by atoms with E-state index in [9.17, 15) is 27.2 Å². The van der Waals surface area contributed by atoms with Crippen molar-refractivity contribution < 1.29 is 41.4 Å². The molecule has 10 heteroatoms. The molecular formula is C22H23BrF4O5. The number of carbonyl (C=O) groups is 2. The normalized spacial score (nSPS) is 30.6. The van der Waals surface area contributed by atoms with E-state index in [0.717, 1.165) is 50.3 Å². The fraction of sp³-hybridized carbons (Fsp3) is 0.636. The van der Waals surface area contributed by atoms with Crippen LogP contribution in [-0.4, -0.2) is 35.9 Å². The van der Waals surface area contributed by atoms with Gasteiger partial charge < -0.3 is 14.2 Å². The summed E-state index contributed by atoms with van der Waals surface area (Å²) >= 11 is 3.88. The lowest BCUT2D eigenvalue weighted by atomic mass is 9.49. The fourth-order valence-electron chi connectivity index (χ4n) is 6.23. The Bertz CT molecular complexity index is 879. The molecule has 0 spiro atoms. The molecule has 0 heterocycles. The van der Waals surface area contributed by atoms with Crippen molar-refractivity contribution in [3.05, 3.63) is 23.8 Å². The minimum Gasteiger partial charge on any atom is -0.457 e.